The molecule has 0 bridgehead atoms. The molecule has 2 aromatic heterocycles. The summed E-state index contributed by atoms with van der Waals surface area (Å²) in [5, 5.41) is 9.37. The van der Waals surface area contributed by atoms with Crippen molar-refractivity contribution in [3.8, 4) is 0 Å². The topological polar surface area (TPSA) is 80.1 Å². The molecular formula is C18H23N5O2S. The van der Waals surface area contributed by atoms with Crippen LogP contribution in [-0.4, -0.2) is 44.6 Å². The summed E-state index contributed by atoms with van der Waals surface area (Å²) in [6.07, 6.45) is 3.54. The maximum absolute atomic E-state index is 12.6. The number of hydrogen-bond acceptors (Lipinski definition) is 5. The lowest BCUT2D eigenvalue weighted by atomic mass is 10.0. The molecule has 1 aliphatic heterocycles. The van der Waals surface area contributed by atoms with Crippen molar-refractivity contribution in [1.82, 2.24) is 25.0 Å². The second kappa shape index (κ2) is 7.19. The highest BCUT2D eigenvalue weighted by Crippen LogP contribution is 2.32. The number of hydrogen-bond donors (Lipinski definition) is 1. The van der Waals surface area contributed by atoms with E-state index in [-0.39, 0.29) is 11.8 Å². The highest BCUT2D eigenvalue weighted by Gasteiger charge is 2.32. The van der Waals surface area contributed by atoms with Crippen LogP contribution in [0.5, 0.6) is 0 Å². The zero-order valence-corrected chi connectivity index (χ0v) is 15.7. The predicted molar refractivity (Wildman–Crippen MR) is 97.9 cm³/mol. The van der Waals surface area contributed by atoms with E-state index >= 15 is 0 Å². The van der Waals surface area contributed by atoms with Crippen LogP contribution in [0.1, 0.15) is 47.2 Å². The fraction of sp³-hybridized carbons (Fsp3) is 0.556. The van der Waals surface area contributed by atoms with Crippen molar-refractivity contribution >= 4 is 23.2 Å². The molecule has 0 saturated heterocycles. The lowest BCUT2D eigenvalue weighted by molar-refractivity contribution is -0.131. The van der Waals surface area contributed by atoms with Crippen molar-refractivity contribution in [1.29, 1.82) is 0 Å². The zero-order valence-electron chi connectivity index (χ0n) is 14.9. The van der Waals surface area contributed by atoms with E-state index in [2.05, 4.69) is 15.4 Å². The minimum absolute atomic E-state index is 0.0540. The first-order chi connectivity index (χ1) is 12.7. The summed E-state index contributed by atoms with van der Waals surface area (Å²) in [5.41, 5.74) is 5.06. The van der Waals surface area contributed by atoms with Gasteiger partial charge < -0.3 is 10.2 Å². The van der Waals surface area contributed by atoms with Gasteiger partial charge in [0, 0.05) is 49.2 Å². The summed E-state index contributed by atoms with van der Waals surface area (Å²) >= 11 is 1.50. The smallest absolute Gasteiger partial charge is 0.272 e. The summed E-state index contributed by atoms with van der Waals surface area (Å²) in [5.74, 6) is 0.593. The van der Waals surface area contributed by atoms with Gasteiger partial charge in [-0.05, 0) is 25.7 Å². The summed E-state index contributed by atoms with van der Waals surface area (Å²) in [6.45, 7) is 4.47. The SMILES string of the molecule is CCNC(=O)c1nn(CC2CC2)c2c1CN(C(=O)Cc1cscn1)CC2. The minimum atomic E-state index is -0.146. The summed E-state index contributed by atoms with van der Waals surface area (Å²) in [7, 11) is 0. The Morgan fingerprint density at radius 2 is 2.23 bits per heavy atom. The van der Waals surface area contributed by atoms with Crippen LogP contribution in [0, 0.1) is 5.92 Å². The number of fused-ring (bicyclic) bond motifs is 1. The van der Waals surface area contributed by atoms with Gasteiger partial charge in [-0.1, -0.05) is 0 Å². The highest BCUT2D eigenvalue weighted by atomic mass is 32.1. The first-order valence-electron chi connectivity index (χ1n) is 9.17. The van der Waals surface area contributed by atoms with E-state index in [0.717, 1.165) is 29.9 Å². The summed E-state index contributed by atoms with van der Waals surface area (Å²) in [4.78, 5) is 31.1. The average molecular weight is 373 g/mol. The molecule has 26 heavy (non-hydrogen) atoms. The van der Waals surface area contributed by atoms with E-state index in [0.29, 0.717) is 37.7 Å². The van der Waals surface area contributed by atoms with Gasteiger partial charge in [0.15, 0.2) is 5.69 Å². The normalized spacial score (nSPS) is 16.4. The molecule has 0 radical (unpaired) electrons. The van der Waals surface area contributed by atoms with Gasteiger partial charge in [0.25, 0.3) is 5.91 Å². The predicted octanol–water partition coefficient (Wildman–Crippen LogP) is 1.63. The average Bonchev–Trinajstić information content (AvgIpc) is 3.16. The van der Waals surface area contributed by atoms with Gasteiger partial charge in [-0.25, -0.2) is 4.98 Å². The number of thiazole rings is 1. The summed E-state index contributed by atoms with van der Waals surface area (Å²) < 4.78 is 2.01. The van der Waals surface area contributed by atoms with Gasteiger partial charge in [0.2, 0.25) is 5.91 Å². The Balaban J connectivity index is 1.56. The van der Waals surface area contributed by atoms with Crippen molar-refractivity contribution in [3.05, 3.63) is 33.5 Å². The van der Waals surface area contributed by atoms with Crippen molar-refractivity contribution in [2.24, 2.45) is 5.92 Å². The number of nitrogens with zero attached hydrogens (tertiary/aromatic N) is 4. The molecule has 7 nitrogen and oxygen atoms in total. The third-order valence-corrected chi connectivity index (χ3v) is 5.62. The Morgan fingerprint density at radius 1 is 1.38 bits per heavy atom. The molecule has 1 aliphatic carbocycles. The fourth-order valence-corrected chi connectivity index (χ4v) is 3.98. The van der Waals surface area contributed by atoms with Crippen molar-refractivity contribution < 1.29 is 9.59 Å². The number of nitrogens with one attached hydrogen (secondary N) is 1. The maximum Gasteiger partial charge on any atom is 0.272 e. The molecule has 138 valence electrons. The molecule has 0 aromatic carbocycles. The molecule has 1 saturated carbocycles. The zero-order chi connectivity index (χ0) is 18.1. The van der Waals surface area contributed by atoms with Crippen LogP contribution in [0.15, 0.2) is 10.9 Å². The number of amides is 2. The monoisotopic (exact) mass is 373 g/mol. The largest absolute Gasteiger partial charge is 0.351 e. The quantitative estimate of drug-likeness (QED) is 0.835. The van der Waals surface area contributed by atoms with Gasteiger partial charge in [-0.2, -0.15) is 5.10 Å². The molecule has 2 aliphatic rings. The van der Waals surface area contributed by atoms with Crippen LogP contribution in [0.3, 0.4) is 0 Å². The number of rotatable bonds is 6. The van der Waals surface area contributed by atoms with E-state index in [1.165, 1.54) is 24.2 Å². The highest BCUT2D eigenvalue weighted by molar-refractivity contribution is 7.07. The Hall–Kier alpha value is -2.22. The second-order valence-electron chi connectivity index (χ2n) is 6.98. The maximum atomic E-state index is 12.6. The third-order valence-electron chi connectivity index (χ3n) is 4.98. The standard InChI is InChI=1S/C18H23N5O2S/c1-2-19-18(25)17-14-9-22(16(24)7-13-10-26-11-20-13)6-5-15(14)23(21-17)8-12-3-4-12/h10-12H,2-9H2,1H3,(H,19,25). The Labute approximate surface area is 156 Å². The minimum Gasteiger partial charge on any atom is -0.351 e. The van der Waals surface area contributed by atoms with E-state index in [1.54, 1.807) is 5.51 Å². The third kappa shape index (κ3) is 3.51. The molecule has 1 N–H and O–H groups in total. The van der Waals surface area contributed by atoms with Crippen LogP contribution in [0.25, 0.3) is 0 Å². The van der Waals surface area contributed by atoms with E-state index in [9.17, 15) is 9.59 Å². The van der Waals surface area contributed by atoms with Gasteiger partial charge in [0.1, 0.15) is 0 Å². The van der Waals surface area contributed by atoms with Gasteiger partial charge in [-0.15, -0.1) is 11.3 Å². The molecule has 0 atom stereocenters. The Morgan fingerprint density at radius 3 is 2.92 bits per heavy atom. The molecule has 0 unspecified atom stereocenters. The molecule has 0 spiro atoms. The molecule has 8 heteroatoms. The van der Waals surface area contributed by atoms with E-state index in [1.807, 2.05) is 21.9 Å². The Kier molecular flexibility index (Phi) is 4.76. The molecule has 4 rings (SSSR count). The van der Waals surface area contributed by atoms with Crippen LogP contribution >= 0.6 is 11.3 Å². The van der Waals surface area contributed by atoms with Crippen LogP contribution in [-0.2, 0) is 30.7 Å². The van der Waals surface area contributed by atoms with E-state index < -0.39 is 0 Å². The molecular weight excluding hydrogens is 350 g/mol. The van der Waals surface area contributed by atoms with Crippen molar-refractivity contribution in [3.63, 3.8) is 0 Å². The second-order valence-corrected chi connectivity index (χ2v) is 7.70. The number of carbonyl (C=O) groups is 2. The van der Waals surface area contributed by atoms with Gasteiger partial charge >= 0.3 is 0 Å². The fourth-order valence-electron chi connectivity index (χ4n) is 3.42. The van der Waals surface area contributed by atoms with Crippen molar-refractivity contribution in [2.45, 2.75) is 45.7 Å². The van der Waals surface area contributed by atoms with Crippen LogP contribution in [0.2, 0.25) is 0 Å². The molecule has 2 aromatic rings. The summed E-state index contributed by atoms with van der Waals surface area (Å²) in [6, 6.07) is 0. The van der Waals surface area contributed by atoms with E-state index in [4.69, 9.17) is 0 Å². The molecule has 3 heterocycles. The number of carbonyl (C=O) groups excluding carboxylic acids is 2. The first-order valence-corrected chi connectivity index (χ1v) is 10.1. The van der Waals surface area contributed by atoms with Gasteiger partial charge in [0.05, 0.1) is 17.6 Å². The van der Waals surface area contributed by atoms with Crippen molar-refractivity contribution in [2.75, 3.05) is 13.1 Å². The lowest BCUT2D eigenvalue weighted by Gasteiger charge is -2.27. The number of aromatic nitrogens is 3. The van der Waals surface area contributed by atoms with Gasteiger partial charge in [-0.3, -0.25) is 14.3 Å². The van der Waals surface area contributed by atoms with Crippen LogP contribution < -0.4 is 5.32 Å². The first kappa shape index (κ1) is 17.2. The van der Waals surface area contributed by atoms with Crippen LogP contribution in [0.4, 0.5) is 0 Å². The molecule has 1 fully saturated rings. The lowest BCUT2D eigenvalue weighted by Crippen LogP contribution is -2.38. The Bertz CT molecular complexity index is 810. The molecule has 2 amide bonds.